The maximum atomic E-state index is 13.5. The fraction of sp³-hybridized carbons (Fsp3) is 0.381. The van der Waals surface area contributed by atoms with Crippen LogP contribution in [-0.2, 0) is 13.1 Å². The van der Waals surface area contributed by atoms with Gasteiger partial charge < -0.3 is 15.7 Å². The lowest BCUT2D eigenvalue weighted by Crippen LogP contribution is -2.50. The van der Waals surface area contributed by atoms with Gasteiger partial charge in [0.25, 0.3) is 0 Å². The SMILES string of the molecule is CN=C(NCc1ccc(O)c(F)c1)NC1CCCN(Cc2ccccc2)C1. The van der Waals surface area contributed by atoms with Crippen molar-refractivity contribution in [3.63, 3.8) is 0 Å². The molecule has 1 aliphatic rings. The lowest BCUT2D eigenvalue weighted by atomic mass is 10.0. The number of benzene rings is 2. The number of piperidine rings is 1. The first-order valence-electron chi connectivity index (χ1n) is 9.35. The van der Waals surface area contributed by atoms with E-state index in [0.717, 1.165) is 38.0 Å². The molecule has 1 fully saturated rings. The van der Waals surface area contributed by atoms with E-state index in [-0.39, 0.29) is 5.75 Å². The highest BCUT2D eigenvalue weighted by Gasteiger charge is 2.20. The Morgan fingerprint density at radius 2 is 2.04 bits per heavy atom. The molecule has 0 aliphatic carbocycles. The van der Waals surface area contributed by atoms with Gasteiger partial charge in [-0.15, -0.1) is 0 Å². The molecule has 1 atom stereocenters. The number of hydrogen-bond acceptors (Lipinski definition) is 3. The molecular formula is C21H27FN4O. The predicted molar refractivity (Wildman–Crippen MR) is 106 cm³/mol. The number of likely N-dealkylation sites (tertiary alicyclic amines) is 1. The van der Waals surface area contributed by atoms with Crippen LogP contribution in [0.25, 0.3) is 0 Å². The van der Waals surface area contributed by atoms with Crippen molar-refractivity contribution in [2.45, 2.75) is 32.0 Å². The van der Waals surface area contributed by atoms with Gasteiger partial charge in [0, 0.05) is 32.7 Å². The second kappa shape index (κ2) is 9.37. The summed E-state index contributed by atoms with van der Waals surface area (Å²) in [6.07, 6.45) is 2.24. The summed E-state index contributed by atoms with van der Waals surface area (Å²) in [4.78, 5) is 6.74. The standard InChI is InChI=1S/C21H27FN4O/c1-23-21(24-13-17-9-10-20(27)19(22)12-17)25-18-8-5-11-26(15-18)14-16-6-3-2-4-7-16/h2-4,6-7,9-10,12,18,27H,5,8,11,13-15H2,1H3,(H2,23,24,25). The lowest BCUT2D eigenvalue weighted by Gasteiger charge is -2.34. The zero-order valence-electron chi connectivity index (χ0n) is 15.7. The number of nitrogens with one attached hydrogen (secondary N) is 2. The highest BCUT2D eigenvalue weighted by Crippen LogP contribution is 2.16. The van der Waals surface area contributed by atoms with Gasteiger partial charge in [-0.2, -0.15) is 0 Å². The van der Waals surface area contributed by atoms with Crippen LogP contribution in [0.15, 0.2) is 53.5 Å². The summed E-state index contributed by atoms with van der Waals surface area (Å²) < 4.78 is 13.5. The Bertz CT molecular complexity index is 766. The predicted octanol–water partition coefficient (Wildman–Crippen LogP) is 2.86. The summed E-state index contributed by atoms with van der Waals surface area (Å²) in [7, 11) is 1.73. The number of aromatic hydroxyl groups is 1. The van der Waals surface area contributed by atoms with Crippen molar-refractivity contribution in [3.05, 3.63) is 65.5 Å². The van der Waals surface area contributed by atoms with E-state index in [1.165, 1.54) is 17.7 Å². The molecule has 3 N–H and O–H groups in total. The Morgan fingerprint density at radius 1 is 1.22 bits per heavy atom. The molecule has 0 amide bonds. The molecule has 1 saturated heterocycles. The van der Waals surface area contributed by atoms with E-state index >= 15 is 0 Å². The number of aliphatic imine (C=N–C) groups is 1. The Morgan fingerprint density at radius 3 is 2.78 bits per heavy atom. The molecule has 144 valence electrons. The molecule has 0 spiro atoms. The van der Waals surface area contributed by atoms with Gasteiger partial charge in [-0.1, -0.05) is 36.4 Å². The van der Waals surface area contributed by atoms with Crippen molar-refractivity contribution in [2.24, 2.45) is 4.99 Å². The van der Waals surface area contributed by atoms with Crippen molar-refractivity contribution < 1.29 is 9.50 Å². The van der Waals surface area contributed by atoms with Crippen LogP contribution in [0.2, 0.25) is 0 Å². The normalized spacial score (nSPS) is 18.3. The molecule has 0 bridgehead atoms. The molecule has 1 heterocycles. The van der Waals surface area contributed by atoms with Gasteiger partial charge in [0.15, 0.2) is 17.5 Å². The van der Waals surface area contributed by atoms with E-state index in [1.807, 2.05) is 6.07 Å². The minimum absolute atomic E-state index is 0.324. The van der Waals surface area contributed by atoms with E-state index in [0.29, 0.717) is 18.5 Å². The van der Waals surface area contributed by atoms with E-state index in [4.69, 9.17) is 0 Å². The third-order valence-corrected chi connectivity index (χ3v) is 4.79. The quantitative estimate of drug-likeness (QED) is 0.560. The average molecular weight is 370 g/mol. The van der Waals surface area contributed by atoms with Gasteiger partial charge >= 0.3 is 0 Å². The fourth-order valence-electron chi connectivity index (χ4n) is 3.39. The summed E-state index contributed by atoms with van der Waals surface area (Å²) in [6, 6.07) is 15.2. The van der Waals surface area contributed by atoms with Gasteiger partial charge in [0.2, 0.25) is 0 Å². The molecule has 0 saturated carbocycles. The Kier molecular flexibility index (Phi) is 6.65. The summed E-state index contributed by atoms with van der Waals surface area (Å²) in [5, 5.41) is 16.0. The summed E-state index contributed by atoms with van der Waals surface area (Å²) >= 11 is 0. The van der Waals surface area contributed by atoms with Crippen LogP contribution in [0.4, 0.5) is 4.39 Å². The van der Waals surface area contributed by atoms with Crippen molar-refractivity contribution in [3.8, 4) is 5.75 Å². The van der Waals surface area contributed by atoms with Gasteiger partial charge in [0.05, 0.1) is 0 Å². The van der Waals surface area contributed by atoms with Gasteiger partial charge in [-0.25, -0.2) is 4.39 Å². The largest absolute Gasteiger partial charge is 0.505 e. The van der Waals surface area contributed by atoms with Gasteiger partial charge in [0.1, 0.15) is 0 Å². The Balaban J connectivity index is 1.50. The molecule has 0 aromatic heterocycles. The van der Waals surface area contributed by atoms with Crippen LogP contribution in [-0.4, -0.2) is 42.1 Å². The zero-order chi connectivity index (χ0) is 19.1. The van der Waals surface area contributed by atoms with Crippen LogP contribution in [0.3, 0.4) is 0 Å². The minimum atomic E-state index is -0.610. The smallest absolute Gasteiger partial charge is 0.191 e. The van der Waals surface area contributed by atoms with Crippen molar-refractivity contribution in [2.75, 3.05) is 20.1 Å². The second-order valence-corrected chi connectivity index (χ2v) is 6.92. The average Bonchev–Trinajstić information content (AvgIpc) is 2.69. The molecule has 2 aromatic rings. The summed E-state index contributed by atoms with van der Waals surface area (Å²) in [5.41, 5.74) is 2.08. The molecule has 27 heavy (non-hydrogen) atoms. The number of halogens is 1. The highest BCUT2D eigenvalue weighted by molar-refractivity contribution is 5.80. The third-order valence-electron chi connectivity index (χ3n) is 4.79. The lowest BCUT2D eigenvalue weighted by molar-refractivity contribution is 0.192. The maximum absolute atomic E-state index is 13.5. The van der Waals surface area contributed by atoms with E-state index in [9.17, 15) is 9.50 Å². The van der Waals surface area contributed by atoms with E-state index in [1.54, 1.807) is 13.1 Å². The molecule has 0 radical (unpaired) electrons. The Labute approximate surface area is 159 Å². The molecule has 5 nitrogen and oxygen atoms in total. The number of phenols is 1. The number of guanidine groups is 1. The van der Waals surface area contributed by atoms with Crippen LogP contribution in [0, 0.1) is 5.82 Å². The third kappa shape index (κ3) is 5.69. The summed E-state index contributed by atoms with van der Waals surface area (Å²) in [6.45, 7) is 3.46. The molecule has 1 aliphatic heterocycles. The number of hydrogen-bond donors (Lipinski definition) is 3. The molecule has 1 unspecified atom stereocenters. The topological polar surface area (TPSA) is 59.9 Å². The molecule has 6 heteroatoms. The Hall–Kier alpha value is -2.60. The van der Waals surface area contributed by atoms with Crippen molar-refractivity contribution in [1.82, 2.24) is 15.5 Å². The first kappa shape index (κ1) is 19.2. The molecule has 2 aromatic carbocycles. The number of phenolic OH excluding ortho intramolecular Hbond substituents is 1. The monoisotopic (exact) mass is 370 g/mol. The van der Waals surface area contributed by atoms with Crippen LogP contribution in [0.1, 0.15) is 24.0 Å². The van der Waals surface area contributed by atoms with Crippen molar-refractivity contribution in [1.29, 1.82) is 0 Å². The van der Waals surface area contributed by atoms with Gasteiger partial charge in [-0.05, 0) is 42.6 Å². The van der Waals surface area contributed by atoms with Crippen LogP contribution in [0.5, 0.6) is 5.75 Å². The van der Waals surface area contributed by atoms with E-state index in [2.05, 4.69) is 44.8 Å². The van der Waals surface area contributed by atoms with Gasteiger partial charge in [-0.3, -0.25) is 9.89 Å². The minimum Gasteiger partial charge on any atom is -0.505 e. The second-order valence-electron chi connectivity index (χ2n) is 6.92. The molecular weight excluding hydrogens is 343 g/mol. The van der Waals surface area contributed by atoms with E-state index < -0.39 is 5.82 Å². The first-order valence-corrected chi connectivity index (χ1v) is 9.35. The summed E-state index contributed by atoms with van der Waals surface area (Å²) in [5.74, 6) is -0.238. The number of rotatable bonds is 5. The highest BCUT2D eigenvalue weighted by atomic mass is 19.1. The van der Waals surface area contributed by atoms with Crippen LogP contribution < -0.4 is 10.6 Å². The zero-order valence-corrected chi connectivity index (χ0v) is 15.7. The van der Waals surface area contributed by atoms with Crippen molar-refractivity contribution >= 4 is 5.96 Å². The van der Waals surface area contributed by atoms with Crippen LogP contribution >= 0.6 is 0 Å². The maximum Gasteiger partial charge on any atom is 0.191 e. The fourth-order valence-corrected chi connectivity index (χ4v) is 3.39. The first-order chi connectivity index (χ1) is 13.1. The molecule has 3 rings (SSSR count). The number of nitrogens with zero attached hydrogens (tertiary/aromatic N) is 2.